The Balaban J connectivity index is 0.000000579. The van der Waals surface area contributed by atoms with Crippen molar-refractivity contribution in [3.8, 4) is 17.3 Å². The Morgan fingerprint density at radius 1 is 1.13 bits per heavy atom. The molecule has 2 atom stereocenters. The van der Waals surface area contributed by atoms with Gasteiger partial charge in [-0.1, -0.05) is 13.8 Å². The molecule has 2 saturated heterocycles. The van der Waals surface area contributed by atoms with Gasteiger partial charge in [0.05, 0.1) is 37.3 Å². The number of aryl methyl sites for hydroxylation is 1. The summed E-state index contributed by atoms with van der Waals surface area (Å²) in [5, 5.41) is 4.67. The standard InChI is InChI=1S/C31H36N6O3.C2H4F2.C2H6.H2/c1-18-3-6-21-13-24(36(30(21)33-18)16-19-4-5-19)28-29(20-7-8-20)37-26(34-28)14-22(15-27(37)39-2)31(38)35-11-9-25-23(17-35)32-10-12-40-25;1-2(3)4;1-2;/h3,6,13-15,19-20,23,25,32H,4-5,7-12,16-17H2,1-2H3;2H,1H3;1-2H3;1H/t23-,25+;;;/m0.../s1. The van der Waals surface area contributed by atoms with Gasteiger partial charge in [-0.2, -0.15) is 0 Å². The summed E-state index contributed by atoms with van der Waals surface area (Å²) in [6.45, 7) is 10.8. The Labute approximate surface area is 270 Å². The first-order valence-corrected chi connectivity index (χ1v) is 16.8. The number of alkyl halides is 2. The van der Waals surface area contributed by atoms with Gasteiger partial charge in [0.2, 0.25) is 6.43 Å². The van der Waals surface area contributed by atoms with Crippen molar-refractivity contribution in [2.45, 2.75) is 90.8 Å². The Hall–Kier alpha value is -3.57. The quantitative estimate of drug-likeness (QED) is 0.253. The molecule has 1 amide bonds. The number of ether oxygens (including phenoxy) is 2. The lowest BCUT2D eigenvalue weighted by atomic mass is 10.00. The molecule has 250 valence electrons. The van der Waals surface area contributed by atoms with Crippen LogP contribution in [0, 0.1) is 12.8 Å². The van der Waals surface area contributed by atoms with Crippen LogP contribution in [0.1, 0.15) is 82.0 Å². The minimum atomic E-state index is -2.17. The second kappa shape index (κ2) is 13.7. The molecule has 6 heterocycles. The highest BCUT2D eigenvalue weighted by Gasteiger charge is 2.37. The number of halogens is 2. The number of hydrogen-bond acceptors (Lipinski definition) is 6. The number of nitrogens with zero attached hydrogens (tertiary/aromatic N) is 5. The van der Waals surface area contributed by atoms with E-state index in [2.05, 4.69) is 39.4 Å². The average molecular weight is 639 g/mol. The number of carbonyl (C=O) groups is 1. The van der Waals surface area contributed by atoms with Gasteiger partial charge in [-0.15, -0.1) is 0 Å². The van der Waals surface area contributed by atoms with Gasteiger partial charge in [0, 0.05) is 56.2 Å². The maximum absolute atomic E-state index is 13.8. The molecule has 46 heavy (non-hydrogen) atoms. The first-order chi connectivity index (χ1) is 22.3. The largest absolute Gasteiger partial charge is 0.482 e. The molecule has 11 heteroatoms. The van der Waals surface area contributed by atoms with Crippen LogP contribution in [-0.4, -0.2) is 81.7 Å². The number of aromatic nitrogens is 4. The fourth-order valence-electron chi connectivity index (χ4n) is 6.66. The molecule has 0 aromatic carbocycles. The summed E-state index contributed by atoms with van der Waals surface area (Å²) in [6.07, 6.45) is 3.68. The van der Waals surface area contributed by atoms with E-state index in [1.54, 1.807) is 7.11 Å². The zero-order valence-electron chi connectivity index (χ0n) is 27.6. The van der Waals surface area contributed by atoms with Crippen LogP contribution < -0.4 is 10.1 Å². The summed E-state index contributed by atoms with van der Waals surface area (Å²) in [6, 6.07) is 10.5. The van der Waals surface area contributed by atoms with Crippen LogP contribution in [0.3, 0.4) is 0 Å². The van der Waals surface area contributed by atoms with Gasteiger partial charge in [0.15, 0.2) is 5.88 Å². The number of imidazole rings is 1. The number of amides is 1. The maximum atomic E-state index is 13.8. The van der Waals surface area contributed by atoms with Crippen LogP contribution in [0.15, 0.2) is 30.3 Å². The molecule has 0 bridgehead atoms. The molecule has 2 saturated carbocycles. The van der Waals surface area contributed by atoms with Gasteiger partial charge < -0.3 is 24.3 Å². The van der Waals surface area contributed by atoms with E-state index in [0.717, 1.165) is 79.6 Å². The number of morpholine rings is 1. The third kappa shape index (κ3) is 6.62. The predicted molar refractivity (Wildman–Crippen MR) is 177 cm³/mol. The minimum absolute atomic E-state index is 0. The van der Waals surface area contributed by atoms with Gasteiger partial charge in [0.25, 0.3) is 5.91 Å². The summed E-state index contributed by atoms with van der Waals surface area (Å²) in [5.41, 5.74) is 6.74. The highest BCUT2D eigenvalue weighted by molar-refractivity contribution is 5.96. The molecular formula is C35H48F2N6O3. The van der Waals surface area contributed by atoms with E-state index in [1.807, 2.05) is 30.9 Å². The number of carbonyl (C=O) groups excluding carboxylic acids is 1. The van der Waals surface area contributed by atoms with E-state index in [-0.39, 0.29) is 19.5 Å². The SMILES string of the molecule is CC.CC(F)F.COc1cc(C(=O)N2CC[C@H]3OCCN[C@H]3C2)cc2nc(-c3cc4ccc(C)nc4n3CC3CC3)c(C3CC3)n12.[HH]. The minimum Gasteiger partial charge on any atom is -0.482 e. The molecule has 1 N–H and O–H groups in total. The van der Waals surface area contributed by atoms with E-state index in [0.29, 0.717) is 36.4 Å². The highest BCUT2D eigenvalue weighted by atomic mass is 19.3. The van der Waals surface area contributed by atoms with Crippen molar-refractivity contribution >= 4 is 22.6 Å². The van der Waals surface area contributed by atoms with Gasteiger partial charge in [-0.3, -0.25) is 9.20 Å². The van der Waals surface area contributed by atoms with Crippen LogP contribution >= 0.6 is 0 Å². The molecule has 4 aromatic rings. The Morgan fingerprint density at radius 3 is 2.59 bits per heavy atom. The molecule has 0 radical (unpaired) electrons. The van der Waals surface area contributed by atoms with E-state index in [4.69, 9.17) is 19.4 Å². The number of hydrogen-bond donors (Lipinski definition) is 1. The molecule has 0 spiro atoms. The molecule has 8 rings (SSSR count). The lowest BCUT2D eigenvalue weighted by Gasteiger charge is -2.41. The van der Waals surface area contributed by atoms with Crippen LogP contribution in [0.2, 0.25) is 0 Å². The smallest absolute Gasteiger partial charge is 0.254 e. The van der Waals surface area contributed by atoms with Gasteiger partial charge in [-0.25, -0.2) is 18.7 Å². The Bertz CT molecular complexity index is 1700. The maximum Gasteiger partial charge on any atom is 0.254 e. The highest BCUT2D eigenvalue weighted by Crippen LogP contribution is 2.47. The summed E-state index contributed by atoms with van der Waals surface area (Å²) in [5.74, 6) is 1.81. The first kappa shape index (κ1) is 32.4. The zero-order chi connectivity index (χ0) is 32.5. The van der Waals surface area contributed by atoms with Crippen LogP contribution in [0.4, 0.5) is 8.78 Å². The molecular weight excluding hydrogens is 590 g/mol. The predicted octanol–water partition coefficient (Wildman–Crippen LogP) is 6.70. The Kier molecular flexibility index (Phi) is 9.61. The van der Waals surface area contributed by atoms with Crippen LogP contribution in [0.5, 0.6) is 5.88 Å². The average Bonchev–Trinajstić information content (AvgIpc) is 4.00. The van der Waals surface area contributed by atoms with Crippen LogP contribution in [0.25, 0.3) is 28.1 Å². The van der Waals surface area contributed by atoms with Gasteiger partial charge in [0.1, 0.15) is 17.0 Å². The van der Waals surface area contributed by atoms with E-state index >= 15 is 0 Å². The number of rotatable bonds is 6. The number of likely N-dealkylation sites (tertiary alicyclic amines) is 1. The fraction of sp³-hybridized carbons (Fsp3) is 0.571. The normalized spacial score (nSPS) is 21.0. The summed E-state index contributed by atoms with van der Waals surface area (Å²) >= 11 is 0. The molecule has 9 nitrogen and oxygen atoms in total. The van der Waals surface area contributed by atoms with E-state index < -0.39 is 6.43 Å². The summed E-state index contributed by atoms with van der Waals surface area (Å²) in [4.78, 5) is 25.9. The monoisotopic (exact) mass is 638 g/mol. The molecule has 4 aromatic heterocycles. The van der Waals surface area contributed by atoms with Gasteiger partial charge in [-0.05, 0) is 76.1 Å². The van der Waals surface area contributed by atoms with Crippen molar-refractivity contribution < 1.29 is 24.5 Å². The number of fused-ring (bicyclic) bond motifs is 3. The van der Waals surface area contributed by atoms with Crippen molar-refractivity contribution in [3.63, 3.8) is 0 Å². The number of piperidine rings is 1. The van der Waals surface area contributed by atoms with Crippen LogP contribution in [-0.2, 0) is 11.3 Å². The number of methoxy groups -OCH3 is 1. The second-order valence-corrected chi connectivity index (χ2v) is 12.6. The van der Waals surface area contributed by atoms with Gasteiger partial charge >= 0.3 is 0 Å². The van der Waals surface area contributed by atoms with E-state index in [1.165, 1.54) is 18.5 Å². The summed E-state index contributed by atoms with van der Waals surface area (Å²) in [7, 11) is 1.69. The molecule has 2 aliphatic carbocycles. The fourth-order valence-corrected chi connectivity index (χ4v) is 6.66. The van der Waals surface area contributed by atoms with E-state index in [9.17, 15) is 13.6 Å². The molecule has 2 aliphatic heterocycles. The van der Waals surface area contributed by atoms with Crippen molar-refractivity contribution in [1.29, 1.82) is 0 Å². The number of pyridine rings is 2. The third-order valence-corrected chi connectivity index (χ3v) is 9.08. The first-order valence-electron chi connectivity index (χ1n) is 16.8. The van der Waals surface area contributed by atoms with Crippen molar-refractivity contribution in [1.82, 2.24) is 29.2 Å². The van der Waals surface area contributed by atoms with Crippen molar-refractivity contribution in [3.05, 3.63) is 47.3 Å². The zero-order valence-corrected chi connectivity index (χ0v) is 27.6. The molecule has 4 aliphatic rings. The third-order valence-electron chi connectivity index (χ3n) is 9.08. The summed E-state index contributed by atoms with van der Waals surface area (Å²) < 4.78 is 37.1. The molecule has 0 unspecified atom stereocenters. The Morgan fingerprint density at radius 2 is 1.89 bits per heavy atom. The lowest BCUT2D eigenvalue weighted by Crippen LogP contribution is -2.59. The lowest BCUT2D eigenvalue weighted by molar-refractivity contribution is -0.0383. The van der Waals surface area contributed by atoms with Crippen molar-refractivity contribution in [2.24, 2.45) is 5.92 Å². The topological polar surface area (TPSA) is 85.9 Å². The molecule has 4 fully saturated rings. The number of nitrogens with one attached hydrogen (secondary N) is 1. The van der Waals surface area contributed by atoms with Crippen molar-refractivity contribution in [2.75, 3.05) is 33.4 Å². The second-order valence-electron chi connectivity index (χ2n) is 12.6.